The highest BCUT2D eigenvalue weighted by Crippen LogP contribution is 2.41. The van der Waals surface area contributed by atoms with Crippen molar-refractivity contribution in [1.82, 2.24) is 0 Å². The van der Waals surface area contributed by atoms with Crippen LogP contribution in [0.2, 0.25) is 0 Å². The highest BCUT2D eigenvalue weighted by Gasteiger charge is 2.42. The number of fused-ring (bicyclic) bond motifs is 1. The van der Waals surface area contributed by atoms with Gasteiger partial charge in [0.25, 0.3) is 0 Å². The Hall–Kier alpha value is -2.29. The van der Waals surface area contributed by atoms with Gasteiger partial charge in [-0.2, -0.15) is 0 Å². The molecule has 0 heterocycles. The zero-order valence-electron chi connectivity index (χ0n) is 12.5. The summed E-state index contributed by atoms with van der Waals surface area (Å²) in [7, 11) is 3.21. The molecule has 2 aromatic carbocycles. The van der Waals surface area contributed by atoms with Crippen LogP contribution >= 0.6 is 0 Å². The van der Waals surface area contributed by atoms with E-state index in [0.29, 0.717) is 11.5 Å². The Bertz CT molecular complexity index is 705. The van der Waals surface area contributed by atoms with Gasteiger partial charge in [0.15, 0.2) is 17.3 Å². The van der Waals surface area contributed by atoms with Gasteiger partial charge < -0.3 is 9.47 Å². The number of ether oxygens (including phenoxy) is 2. The third-order valence-electron chi connectivity index (χ3n) is 4.33. The molecule has 0 aromatic heterocycles. The van der Waals surface area contributed by atoms with Gasteiger partial charge in [0.05, 0.1) is 19.6 Å². The van der Waals surface area contributed by atoms with E-state index in [1.165, 1.54) is 0 Å². The fourth-order valence-electron chi connectivity index (χ4n) is 3.07. The average molecular weight is 282 g/mol. The number of ketones is 1. The SMILES string of the molecule is COc1ccc(C2(C)Cc3ccccc3C2=O)cc1OC. The molecular formula is C18H18O3. The summed E-state index contributed by atoms with van der Waals surface area (Å²) in [6.45, 7) is 2.00. The quantitative estimate of drug-likeness (QED) is 0.865. The molecule has 3 rings (SSSR count). The van der Waals surface area contributed by atoms with E-state index in [1.807, 2.05) is 49.4 Å². The van der Waals surface area contributed by atoms with Crippen LogP contribution in [0, 0.1) is 0 Å². The molecule has 2 aromatic rings. The predicted molar refractivity (Wildman–Crippen MR) is 81.4 cm³/mol. The van der Waals surface area contributed by atoms with Gasteiger partial charge in [-0.05, 0) is 36.6 Å². The summed E-state index contributed by atoms with van der Waals surface area (Å²) in [5.74, 6) is 1.50. The zero-order valence-corrected chi connectivity index (χ0v) is 12.5. The van der Waals surface area contributed by atoms with Crippen molar-refractivity contribution in [2.24, 2.45) is 0 Å². The maximum atomic E-state index is 12.8. The first-order chi connectivity index (χ1) is 10.1. The monoisotopic (exact) mass is 282 g/mol. The topological polar surface area (TPSA) is 35.5 Å². The maximum absolute atomic E-state index is 12.8. The molecule has 1 atom stereocenters. The molecule has 0 saturated heterocycles. The molecule has 0 fully saturated rings. The van der Waals surface area contributed by atoms with Crippen LogP contribution in [0.15, 0.2) is 42.5 Å². The van der Waals surface area contributed by atoms with E-state index in [0.717, 1.165) is 23.1 Å². The van der Waals surface area contributed by atoms with Crippen molar-refractivity contribution in [2.45, 2.75) is 18.8 Å². The third kappa shape index (κ3) is 2.00. The Balaban J connectivity index is 2.07. The Morgan fingerprint density at radius 1 is 1.00 bits per heavy atom. The van der Waals surface area contributed by atoms with Crippen molar-refractivity contribution in [3.8, 4) is 11.5 Å². The first kappa shape index (κ1) is 13.7. The number of hydrogen-bond donors (Lipinski definition) is 0. The van der Waals surface area contributed by atoms with Gasteiger partial charge in [-0.3, -0.25) is 4.79 Å². The normalized spacial score (nSPS) is 20.2. The predicted octanol–water partition coefficient (Wildman–Crippen LogP) is 3.40. The van der Waals surface area contributed by atoms with Crippen LogP contribution in [-0.2, 0) is 11.8 Å². The van der Waals surface area contributed by atoms with Crippen molar-refractivity contribution < 1.29 is 14.3 Å². The standard InChI is InChI=1S/C18H18O3/c1-18(11-12-6-4-5-7-14(12)17(18)19)13-8-9-15(20-2)16(10-13)21-3/h4-10H,11H2,1-3H3. The molecule has 0 amide bonds. The van der Waals surface area contributed by atoms with Gasteiger partial charge >= 0.3 is 0 Å². The van der Waals surface area contributed by atoms with Crippen LogP contribution in [0.25, 0.3) is 0 Å². The van der Waals surface area contributed by atoms with E-state index in [4.69, 9.17) is 9.47 Å². The lowest BCUT2D eigenvalue weighted by molar-refractivity contribution is 0.0915. The Labute approximate surface area is 124 Å². The fourth-order valence-corrected chi connectivity index (χ4v) is 3.07. The molecule has 1 unspecified atom stereocenters. The second kappa shape index (κ2) is 4.92. The highest BCUT2D eigenvalue weighted by molar-refractivity contribution is 6.08. The molecule has 0 spiro atoms. The molecular weight excluding hydrogens is 264 g/mol. The number of methoxy groups -OCH3 is 2. The minimum Gasteiger partial charge on any atom is -0.493 e. The summed E-state index contributed by atoms with van der Waals surface area (Å²) in [5, 5.41) is 0. The molecule has 3 heteroatoms. The van der Waals surface area contributed by atoms with Crippen molar-refractivity contribution in [3.05, 3.63) is 59.2 Å². The van der Waals surface area contributed by atoms with Gasteiger partial charge in [-0.15, -0.1) is 0 Å². The molecule has 0 N–H and O–H groups in total. The van der Waals surface area contributed by atoms with Crippen molar-refractivity contribution in [3.63, 3.8) is 0 Å². The van der Waals surface area contributed by atoms with Crippen LogP contribution in [0.4, 0.5) is 0 Å². The van der Waals surface area contributed by atoms with Gasteiger partial charge in [0, 0.05) is 5.56 Å². The van der Waals surface area contributed by atoms with E-state index in [2.05, 4.69) is 0 Å². The van der Waals surface area contributed by atoms with Crippen LogP contribution < -0.4 is 9.47 Å². The molecule has 0 radical (unpaired) electrons. The Morgan fingerprint density at radius 3 is 2.38 bits per heavy atom. The third-order valence-corrected chi connectivity index (χ3v) is 4.33. The van der Waals surface area contributed by atoms with Crippen LogP contribution in [-0.4, -0.2) is 20.0 Å². The first-order valence-electron chi connectivity index (χ1n) is 6.95. The number of carbonyl (C=O) groups excluding carboxylic acids is 1. The molecule has 3 nitrogen and oxygen atoms in total. The first-order valence-corrected chi connectivity index (χ1v) is 6.95. The molecule has 1 aliphatic carbocycles. The number of hydrogen-bond acceptors (Lipinski definition) is 3. The van der Waals surface area contributed by atoms with Crippen molar-refractivity contribution in [1.29, 1.82) is 0 Å². The molecule has 21 heavy (non-hydrogen) atoms. The van der Waals surface area contributed by atoms with E-state index >= 15 is 0 Å². The van der Waals surface area contributed by atoms with Crippen LogP contribution in [0.3, 0.4) is 0 Å². The highest BCUT2D eigenvalue weighted by atomic mass is 16.5. The second-order valence-corrected chi connectivity index (χ2v) is 5.56. The Kier molecular flexibility index (Phi) is 3.20. The average Bonchev–Trinajstić information content (AvgIpc) is 2.79. The second-order valence-electron chi connectivity index (χ2n) is 5.56. The van der Waals surface area contributed by atoms with Gasteiger partial charge in [-0.25, -0.2) is 0 Å². The van der Waals surface area contributed by atoms with Crippen molar-refractivity contribution in [2.75, 3.05) is 14.2 Å². The van der Waals surface area contributed by atoms with E-state index in [1.54, 1.807) is 14.2 Å². The lowest BCUT2D eigenvalue weighted by atomic mass is 9.79. The maximum Gasteiger partial charge on any atom is 0.173 e. The van der Waals surface area contributed by atoms with E-state index in [-0.39, 0.29) is 5.78 Å². The summed E-state index contributed by atoms with van der Waals surface area (Å²) in [6.07, 6.45) is 0.720. The van der Waals surface area contributed by atoms with Crippen LogP contribution in [0.5, 0.6) is 11.5 Å². The summed E-state index contributed by atoms with van der Waals surface area (Å²) in [4.78, 5) is 12.8. The number of carbonyl (C=O) groups is 1. The van der Waals surface area contributed by atoms with E-state index < -0.39 is 5.41 Å². The smallest absolute Gasteiger partial charge is 0.173 e. The Morgan fingerprint density at radius 2 is 1.71 bits per heavy atom. The molecule has 0 aliphatic heterocycles. The minimum atomic E-state index is -0.538. The summed E-state index contributed by atoms with van der Waals surface area (Å²) in [5.41, 5.74) is 2.36. The molecule has 0 saturated carbocycles. The summed E-state index contributed by atoms with van der Waals surface area (Å²) < 4.78 is 10.6. The molecule has 0 bridgehead atoms. The van der Waals surface area contributed by atoms with Crippen molar-refractivity contribution >= 4 is 5.78 Å². The lowest BCUT2D eigenvalue weighted by Crippen LogP contribution is -2.29. The number of rotatable bonds is 3. The zero-order chi connectivity index (χ0) is 15.0. The molecule has 108 valence electrons. The number of Topliss-reactive ketones (excluding diaryl/α,β-unsaturated/α-hetero) is 1. The van der Waals surface area contributed by atoms with E-state index in [9.17, 15) is 4.79 Å². The fraction of sp³-hybridized carbons (Fsp3) is 0.278. The molecule has 1 aliphatic rings. The summed E-state index contributed by atoms with van der Waals surface area (Å²) in [6, 6.07) is 13.5. The lowest BCUT2D eigenvalue weighted by Gasteiger charge is -2.23. The minimum absolute atomic E-state index is 0.172. The summed E-state index contributed by atoms with van der Waals surface area (Å²) >= 11 is 0. The van der Waals surface area contributed by atoms with Gasteiger partial charge in [0.2, 0.25) is 0 Å². The number of benzene rings is 2. The largest absolute Gasteiger partial charge is 0.493 e. The van der Waals surface area contributed by atoms with Gasteiger partial charge in [-0.1, -0.05) is 30.3 Å². The van der Waals surface area contributed by atoms with Gasteiger partial charge in [0.1, 0.15) is 0 Å². The van der Waals surface area contributed by atoms with Crippen LogP contribution in [0.1, 0.15) is 28.4 Å².